The number of benzene rings is 1. The van der Waals surface area contributed by atoms with Crippen LogP contribution in [0.25, 0.3) is 0 Å². The molecule has 0 amide bonds. The van der Waals surface area contributed by atoms with Crippen LogP contribution in [0.4, 0.5) is 0 Å². The lowest BCUT2D eigenvalue weighted by Crippen LogP contribution is -1.90. The Morgan fingerprint density at radius 3 is 3.00 bits per heavy atom. The molecule has 0 spiro atoms. The highest BCUT2D eigenvalue weighted by molar-refractivity contribution is 7.09. The Balaban J connectivity index is 2.43. The molecule has 0 fully saturated rings. The molecule has 53 valence electrons. The van der Waals surface area contributed by atoms with Gasteiger partial charge in [-0.3, -0.25) is 0 Å². The van der Waals surface area contributed by atoms with E-state index in [-0.39, 0.29) is 0 Å². The first kappa shape index (κ1) is 7.71. The molecule has 1 nitrogen and oxygen atoms in total. The van der Waals surface area contributed by atoms with Gasteiger partial charge in [0.05, 0.1) is 6.61 Å². The van der Waals surface area contributed by atoms with Gasteiger partial charge in [-0.1, -0.05) is 24.3 Å². The van der Waals surface area contributed by atoms with Crippen LogP contribution in [-0.4, -0.2) is 6.61 Å². The van der Waals surface area contributed by atoms with Crippen LogP contribution in [0.2, 0.25) is 0 Å². The molecule has 0 aliphatic heterocycles. The maximum Gasteiger partial charge on any atom is 0.0542 e. The van der Waals surface area contributed by atoms with Gasteiger partial charge in [-0.15, -0.1) is 0 Å². The zero-order valence-corrected chi connectivity index (χ0v) is 6.86. The molecule has 0 aliphatic rings. The lowest BCUT2D eigenvalue weighted by molar-refractivity contribution is 0.377. The lowest BCUT2D eigenvalue weighted by Gasteiger charge is -1.96. The summed E-state index contributed by atoms with van der Waals surface area (Å²) in [6.07, 6.45) is 0.935. The molecule has 0 aromatic heterocycles. The molecular formula is C8H10OP. The van der Waals surface area contributed by atoms with E-state index < -0.39 is 0 Å². The first-order valence-electron chi connectivity index (χ1n) is 3.21. The SMILES string of the molecule is POCCc1[c]cccc1. The second-order valence-electron chi connectivity index (χ2n) is 2.01. The molecule has 0 bridgehead atoms. The third-order valence-corrected chi connectivity index (χ3v) is 1.50. The third-order valence-electron chi connectivity index (χ3n) is 1.26. The first-order chi connectivity index (χ1) is 4.93. The Morgan fingerprint density at radius 2 is 2.40 bits per heavy atom. The van der Waals surface area contributed by atoms with Gasteiger partial charge < -0.3 is 4.52 Å². The molecule has 0 saturated heterocycles. The van der Waals surface area contributed by atoms with E-state index >= 15 is 0 Å². The summed E-state index contributed by atoms with van der Waals surface area (Å²) in [6.45, 7) is 0.741. The fourth-order valence-corrected chi connectivity index (χ4v) is 0.873. The highest BCUT2D eigenvalue weighted by Crippen LogP contribution is 1.99. The van der Waals surface area contributed by atoms with E-state index in [0.717, 1.165) is 13.0 Å². The lowest BCUT2D eigenvalue weighted by atomic mass is 10.2. The van der Waals surface area contributed by atoms with Gasteiger partial charge in [0, 0.05) is 9.47 Å². The maximum absolute atomic E-state index is 4.84. The van der Waals surface area contributed by atoms with Crippen molar-refractivity contribution < 1.29 is 4.52 Å². The van der Waals surface area contributed by atoms with Crippen LogP contribution in [0.1, 0.15) is 5.56 Å². The van der Waals surface area contributed by atoms with E-state index in [1.807, 2.05) is 24.3 Å². The van der Waals surface area contributed by atoms with Crippen molar-refractivity contribution in [3.05, 3.63) is 35.9 Å². The first-order valence-corrected chi connectivity index (χ1v) is 3.68. The molecular weight excluding hydrogens is 143 g/mol. The van der Waals surface area contributed by atoms with Gasteiger partial charge >= 0.3 is 0 Å². The monoisotopic (exact) mass is 153 g/mol. The second kappa shape index (κ2) is 4.43. The van der Waals surface area contributed by atoms with Gasteiger partial charge in [-0.05, 0) is 18.1 Å². The maximum atomic E-state index is 4.84. The van der Waals surface area contributed by atoms with E-state index in [1.54, 1.807) is 0 Å². The van der Waals surface area contributed by atoms with E-state index in [2.05, 4.69) is 15.5 Å². The van der Waals surface area contributed by atoms with Crippen LogP contribution in [0.5, 0.6) is 0 Å². The molecule has 1 aromatic rings. The number of hydrogen-bond donors (Lipinski definition) is 0. The van der Waals surface area contributed by atoms with Gasteiger partial charge in [-0.25, -0.2) is 0 Å². The molecule has 0 N–H and O–H groups in total. The quantitative estimate of drug-likeness (QED) is 0.602. The topological polar surface area (TPSA) is 9.23 Å². The fraction of sp³-hybridized carbons (Fsp3) is 0.250. The predicted molar refractivity (Wildman–Crippen MR) is 44.6 cm³/mol. The highest BCUT2D eigenvalue weighted by Gasteiger charge is 1.88. The fourth-order valence-electron chi connectivity index (χ4n) is 0.755. The molecule has 0 heterocycles. The minimum Gasteiger partial charge on any atom is -0.365 e. The summed E-state index contributed by atoms with van der Waals surface area (Å²) in [4.78, 5) is 0. The van der Waals surface area contributed by atoms with E-state index in [4.69, 9.17) is 4.52 Å². The summed E-state index contributed by atoms with van der Waals surface area (Å²) in [5.74, 6) is 0. The van der Waals surface area contributed by atoms with Crippen LogP contribution in [0.3, 0.4) is 0 Å². The second-order valence-corrected chi connectivity index (χ2v) is 2.34. The van der Waals surface area contributed by atoms with Crippen LogP contribution in [-0.2, 0) is 10.9 Å². The van der Waals surface area contributed by atoms with Crippen molar-refractivity contribution >= 4 is 9.47 Å². The summed E-state index contributed by atoms with van der Waals surface area (Å²) < 4.78 is 4.84. The zero-order valence-electron chi connectivity index (χ0n) is 5.71. The Bertz CT molecular complexity index is 174. The minimum absolute atomic E-state index is 0.741. The van der Waals surface area contributed by atoms with E-state index in [9.17, 15) is 0 Å². The molecule has 0 aliphatic carbocycles. The summed E-state index contributed by atoms with van der Waals surface area (Å²) in [7, 11) is 2.24. The van der Waals surface area contributed by atoms with Gasteiger partial charge in [0.25, 0.3) is 0 Å². The Kier molecular flexibility index (Phi) is 3.42. The average Bonchev–Trinajstić information content (AvgIpc) is 2.03. The zero-order chi connectivity index (χ0) is 7.23. The highest BCUT2D eigenvalue weighted by atomic mass is 31.0. The summed E-state index contributed by atoms with van der Waals surface area (Å²) in [5.41, 5.74) is 1.20. The molecule has 1 atom stereocenters. The van der Waals surface area contributed by atoms with E-state index in [1.165, 1.54) is 5.56 Å². The Morgan fingerprint density at radius 1 is 1.50 bits per heavy atom. The Hall–Kier alpha value is -0.390. The predicted octanol–water partition coefficient (Wildman–Crippen LogP) is 1.84. The van der Waals surface area contributed by atoms with Crippen molar-refractivity contribution in [1.29, 1.82) is 0 Å². The van der Waals surface area contributed by atoms with Gasteiger partial charge in [0.15, 0.2) is 0 Å². The summed E-state index contributed by atoms with van der Waals surface area (Å²) in [6, 6.07) is 11.0. The standard InChI is InChI=1S/C8H10OP/c10-9-7-6-8-4-2-1-3-5-8/h1-4H,6-7,10H2. The van der Waals surface area contributed by atoms with Crippen LogP contribution >= 0.6 is 9.47 Å². The van der Waals surface area contributed by atoms with Crippen LogP contribution in [0, 0.1) is 6.07 Å². The van der Waals surface area contributed by atoms with Gasteiger partial charge in [-0.2, -0.15) is 0 Å². The number of hydrogen-bond acceptors (Lipinski definition) is 1. The van der Waals surface area contributed by atoms with Crippen molar-refractivity contribution in [2.75, 3.05) is 6.61 Å². The Labute approximate surface area is 63.7 Å². The smallest absolute Gasteiger partial charge is 0.0542 e. The minimum atomic E-state index is 0.741. The molecule has 1 rings (SSSR count). The van der Waals surface area contributed by atoms with Crippen molar-refractivity contribution in [3.8, 4) is 0 Å². The van der Waals surface area contributed by atoms with Crippen molar-refractivity contribution in [2.24, 2.45) is 0 Å². The third kappa shape index (κ3) is 2.47. The average molecular weight is 153 g/mol. The number of rotatable bonds is 3. The van der Waals surface area contributed by atoms with Crippen molar-refractivity contribution in [3.63, 3.8) is 0 Å². The molecule has 1 unspecified atom stereocenters. The van der Waals surface area contributed by atoms with Crippen LogP contribution < -0.4 is 0 Å². The summed E-state index contributed by atoms with van der Waals surface area (Å²) >= 11 is 0. The van der Waals surface area contributed by atoms with Crippen molar-refractivity contribution in [2.45, 2.75) is 6.42 Å². The summed E-state index contributed by atoms with van der Waals surface area (Å²) in [5, 5.41) is 0. The normalized spacial score (nSPS) is 9.70. The van der Waals surface area contributed by atoms with E-state index in [0.29, 0.717) is 0 Å². The molecule has 0 saturated carbocycles. The molecule has 10 heavy (non-hydrogen) atoms. The largest absolute Gasteiger partial charge is 0.365 e. The van der Waals surface area contributed by atoms with Gasteiger partial charge in [0.2, 0.25) is 0 Å². The van der Waals surface area contributed by atoms with Crippen LogP contribution in [0.15, 0.2) is 24.3 Å². The van der Waals surface area contributed by atoms with Crippen molar-refractivity contribution in [1.82, 2.24) is 0 Å². The molecule has 2 heteroatoms. The molecule has 1 aromatic carbocycles. The molecule has 1 radical (unpaired) electrons. The van der Waals surface area contributed by atoms with Gasteiger partial charge in [0.1, 0.15) is 0 Å².